The standard InChI is InChI=1S/C16H26ClNO2S/c1-3-10-18-16(9-6-11-21(19,20)4-2)13-14-7-5-8-15(17)12-14/h5,7-8,12,16,18H,3-4,6,9-11,13H2,1-2H3. The summed E-state index contributed by atoms with van der Waals surface area (Å²) in [6.45, 7) is 4.78. The Hall–Kier alpha value is -0.580. The zero-order valence-electron chi connectivity index (χ0n) is 12.9. The molecule has 0 spiro atoms. The van der Waals surface area contributed by atoms with Crippen molar-refractivity contribution in [3.8, 4) is 0 Å². The Morgan fingerprint density at radius 1 is 1.29 bits per heavy atom. The maximum atomic E-state index is 11.6. The average Bonchev–Trinajstić information content (AvgIpc) is 2.44. The van der Waals surface area contributed by atoms with Gasteiger partial charge in [-0.2, -0.15) is 0 Å². The van der Waals surface area contributed by atoms with Gasteiger partial charge in [0.25, 0.3) is 0 Å². The first-order valence-electron chi connectivity index (χ1n) is 7.65. The van der Waals surface area contributed by atoms with E-state index in [0.717, 1.165) is 30.8 Å². The number of benzene rings is 1. The third-order valence-electron chi connectivity index (χ3n) is 3.50. The van der Waals surface area contributed by atoms with Crippen LogP contribution in [-0.2, 0) is 16.3 Å². The predicted molar refractivity (Wildman–Crippen MR) is 90.8 cm³/mol. The highest BCUT2D eigenvalue weighted by Gasteiger charge is 2.12. The highest BCUT2D eigenvalue weighted by molar-refractivity contribution is 7.91. The summed E-state index contributed by atoms with van der Waals surface area (Å²) in [4.78, 5) is 0. The van der Waals surface area contributed by atoms with Crippen LogP contribution in [0.2, 0.25) is 5.02 Å². The Morgan fingerprint density at radius 3 is 2.67 bits per heavy atom. The molecule has 0 aliphatic carbocycles. The van der Waals surface area contributed by atoms with Crippen molar-refractivity contribution in [1.29, 1.82) is 0 Å². The maximum Gasteiger partial charge on any atom is 0.150 e. The monoisotopic (exact) mass is 331 g/mol. The van der Waals surface area contributed by atoms with E-state index in [1.54, 1.807) is 6.92 Å². The molecule has 0 aliphatic heterocycles. The molecule has 0 amide bonds. The van der Waals surface area contributed by atoms with Gasteiger partial charge in [-0.3, -0.25) is 0 Å². The first-order chi connectivity index (χ1) is 9.96. The fourth-order valence-corrected chi connectivity index (χ4v) is 3.38. The summed E-state index contributed by atoms with van der Waals surface area (Å²) in [5.41, 5.74) is 1.19. The zero-order valence-corrected chi connectivity index (χ0v) is 14.5. The summed E-state index contributed by atoms with van der Waals surface area (Å²) in [5, 5.41) is 4.25. The van der Waals surface area contributed by atoms with E-state index in [2.05, 4.69) is 18.3 Å². The van der Waals surface area contributed by atoms with Crippen LogP contribution in [0.25, 0.3) is 0 Å². The Morgan fingerprint density at radius 2 is 2.05 bits per heavy atom. The van der Waals surface area contributed by atoms with Crippen molar-refractivity contribution in [2.45, 2.75) is 45.6 Å². The van der Waals surface area contributed by atoms with Gasteiger partial charge in [0.05, 0.1) is 5.75 Å². The highest BCUT2D eigenvalue weighted by Crippen LogP contribution is 2.14. The lowest BCUT2D eigenvalue weighted by Gasteiger charge is -2.18. The highest BCUT2D eigenvalue weighted by atomic mass is 35.5. The quantitative estimate of drug-likeness (QED) is 0.714. The molecule has 5 heteroatoms. The van der Waals surface area contributed by atoms with Crippen molar-refractivity contribution in [3.63, 3.8) is 0 Å². The van der Waals surface area contributed by atoms with Crippen molar-refractivity contribution < 1.29 is 8.42 Å². The van der Waals surface area contributed by atoms with Crippen LogP contribution in [0.4, 0.5) is 0 Å². The second kappa shape index (κ2) is 9.44. The van der Waals surface area contributed by atoms with Crippen LogP contribution in [-0.4, -0.2) is 32.5 Å². The first-order valence-corrected chi connectivity index (χ1v) is 9.85. The molecule has 1 N–H and O–H groups in total. The van der Waals surface area contributed by atoms with E-state index in [1.165, 1.54) is 5.56 Å². The summed E-state index contributed by atoms with van der Waals surface area (Å²) < 4.78 is 23.1. The molecule has 0 radical (unpaired) electrons. The molecule has 1 rings (SSSR count). The predicted octanol–water partition coefficient (Wildman–Crippen LogP) is 3.47. The van der Waals surface area contributed by atoms with Gasteiger partial charge in [-0.1, -0.05) is 37.6 Å². The molecule has 0 bridgehead atoms. The van der Waals surface area contributed by atoms with Crippen LogP contribution >= 0.6 is 11.6 Å². The Balaban J connectivity index is 2.55. The molecule has 21 heavy (non-hydrogen) atoms. The molecule has 1 aromatic carbocycles. The Kier molecular flexibility index (Phi) is 8.30. The van der Waals surface area contributed by atoms with Crippen LogP contribution in [0.1, 0.15) is 38.7 Å². The molecule has 0 heterocycles. The van der Waals surface area contributed by atoms with Crippen molar-refractivity contribution in [2.24, 2.45) is 0 Å². The van der Waals surface area contributed by atoms with Crippen molar-refractivity contribution in [2.75, 3.05) is 18.1 Å². The molecule has 3 nitrogen and oxygen atoms in total. The molecule has 0 aliphatic rings. The van der Waals surface area contributed by atoms with E-state index in [9.17, 15) is 8.42 Å². The number of sulfone groups is 1. The average molecular weight is 332 g/mol. The second-order valence-electron chi connectivity index (χ2n) is 5.36. The normalized spacial score (nSPS) is 13.3. The number of rotatable bonds is 10. The minimum absolute atomic E-state index is 0.231. The summed E-state index contributed by atoms with van der Waals surface area (Å²) in [6.07, 6.45) is 3.52. The molecule has 1 aromatic rings. The molecule has 0 aromatic heterocycles. The Labute approximate surface area is 134 Å². The molecule has 120 valence electrons. The van der Waals surface area contributed by atoms with E-state index < -0.39 is 9.84 Å². The van der Waals surface area contributed by atoms with Gasteiger partial charge in [0.15, 0.2) is 0 Å². The number of nitrogens with one attached hydrogen (secondary N) is 1. The van der Waals surface area contributed by atoms with Gasteiger partial charge in [-0.05, 0) is 49.9 Å². The maximum absolute atomic E-state index is 11.6. The smallest absolute Gasteiger partial charge is 0.150 e. The molecule has 1 atom stereocenters. The number of hydrogen-bond donors (Lipinski definition) is 1. The van der Waals surface area contributed by atoms with E-state index in [4.69, 9.17) is 11.6 Å². The van der Waals surface area contributed by atoms with E-state index in [1.807, 2.05) is 18.2 Å². The summed E-state index contributed by atoms with van der Waals surface area (Å²) in [7, 11) is -2.86. The van der Waals surface area contributed by atoms with Gasteiger partial charge in [0.1, 0.15) is 9.84 Å². The van der Waals surface area contributed by atoms with Gasteiger partial charge in [0.2, 0.25) is 0 Å². The van der Waals surface area contributed by atoms with Crippen LogP contribution in [0.5, 0.6) is 0 Å². The third kappa shape index (κ3) is 7.84. The van der Waals surface area contributed by atoms with Gasteiger partial charge in [0, 0.05) is 16.8 Å². The summed E-state index contributed by atoms with van der Waals surface area (Å²) in [6, 6.07) is 8.17. The third-order valence-corrected chi connectivity index (χ3v) is 5.53. The summed E-state index contributed by atoms with van der Waals surface area (Å²) >= 11 is 6.02. The van der Waals surface area contributed by atoms with Crippen LogP contribution in [0.15, 0.2) is 24.3 Å². The molecule has 1 unspecified atom stereocenters. The van der Waals surface area contributed by atoms with E-state index >= 15 is 0 Å². The van der Waals surface area contributed by atoms with E-state index in [-0.39, 0.29) is 11.5 Å². The topological polar surface area (TPSA) is 46.2 Å². The fraction of sp³-hybridized carbons (Fsp3) is 0.625. The summed E-state index contributed by atoms with van der Waals surface area (Å²) in [5.74, 6) is 0.512. The van der Waals surface area contributed by atoms with Crippen LogP contribution < -0.4 is 5.32 Å². The van der Waals surface area contributed by atoms with Crippen molar-refractivity contribution in [1.82, 2.24) is 5.32 Å². The molecular formula is C16H26ClNO2S. The molecule has 0 saturated heterocycles. The van der Waals surface area contributed by atoms with Gasteiger partial charge < -0.3 is 5.32 Å². The lowest BCUT2D eigenvalue weighted by Crippen LogP contribution is -2.32. The SMILES string of the molecule is CCCNC(CCCS(=O)(=O)CC)Cc1cccc(Cl)c1. The minimum Gasteiger partial charge on any atom is -0.314 e. The van der Waals surface area contributed by atoms with E-state index in [0.29, 0.717) is 12.5 Å². The minimum atomic E-state index is -2.86. The lowest BCUT2D eigenvalue weighted by molar-refractivity contribution is 0.472. The van der Waals surface area contributed by atoms with Crippen LogP contribution in [0, 0.1) is 0 Å². The van der Waals surface area contributed by atoms with Gasteiger partial charge in [-0.15, -0.1) is 0 Å². The molecule has 0 fully saturated rings. The molecule has 0 saturated carbocycles. The lowest BCUT2D eigenvalue weighted by atomic mass is 10.0. The number of hydrogen-bond acceptors (Lipinski definition) is 3. The van der Waals surface area contributed by atoms with Gasteiger partial charge in [-0.25, -0.2) is 8.42 Å². The first kappa shape index (κ1) is 18.5. The van der Waals surface area contributed by atoms with Crippen molar-refractivity contribution in [3.05, 3.63) is 34.9 Å². The van der Waals surface area contributed by atoms with Crippen LogP contribution in [0.3, 0.4) is 0 Å². The fourth-order valence-electron chi connectivity index (χ4n) is 2.27. The molecular weight excluding hydrogens is 306 g/mol. The zero-order chi connectivity index (χ0) is 15.7. The Bertz CT molecular complexity index is 517. The number of halogens is 1. The van der Waals surface area contributed by atoms with Crippen molar-refractivity contribution >= 4 is 21.4 Å². The van der Waals surface area contributed by atoms with Gasteiger partial charge >= 0.3 is 0 Å². The second-order valence-corrected chi connectivity index (χ2v) is 8.27. The largest absolute Gasteiger partial charge is 0.314 e.